The number of rotatable bonds is 53. The molecule has 0 fully saturated rings. The fourth-order valence-electron chi connectivity index (χ4n) is 8.07. The van der Waals surface area contributed by atoms with Gasteiger partial charge >= 0.3 is 17.9 Å². The number of esters is 3. The predicted molar refractivity (Wildman–Crippen MR) is 307 cm³/mol. The standard InChI is InChI=1S/C65H110O6/c1-4-7-10-13-16-19-22-24-25-26-27-28-29-30-31-32-33-34-35-36-37-38-39-41-43-46-49-52-55-58-64(67)70-61-62(60-69-63(66)57-54-51-48-45-42-21-18-15-12-9-6-3)71-65(68)59-56-53-50-47-44-40-23-20-17-14-11-8-5-2/h7,10,15-16,18-20,23-25,27-28,30-31,33-34,62H,4-6,8-9,11-14,17,21-22,26,29,32,35-61H2,1-3H3/b10-7-,18-15-,19-16-,23-20-,25-24-,28-27-,31-30-,34-33-. The molecule has 406 valence electrons. The zero-order chi connectivity index (χ0) is 51.4. The lowest BCUT2D eigenvalue weighted by molar-refractivity contribution is -0.167. The molecule has 1 unspecified atom stereocenters. The van der Waals surface area contributed by atoms with Gasteiger partial charge in [-0.05, 0) is 116 Å². The van der Waals surface area contributed by atoms with E-state index in [1.54, 1.807) is 0 Å². The van der Waals surface area contributed by atoms with Gasteiger partial charge in [0.15, 0.2) is 6.10 Å². The van der Waals surface area contributed by atoms with Crippen LogP contribution in [-0.4, -0.2) is 37.2 Å². The van der Waals surface area contributed by atoms with Gasteiger partial charge in [0.1, 0.15) is 13.2 Å². The summed E-state index contributed by atoms with van der Waals surface area (Å²) in [5.41, 5.74) is 0. The molecule has 1 atom stereocenters. The van der Waals surface area contributed by atoms with Crippen LogP contribution in [-0.2, 0) is 28.6 Å². The second-order valence-corrected chi connectivity index (χ2v) is 19.5. The van der Waals surface area contributed by atoms with Crippen molar-refractivity contribution in [1.82, 2.24) is 0 Å². The smallest absolute Gasteiger partial charge is 0.306 e. The molecule has 0 saturated carbocycles. The summed E-state index contributed by atoms with van der Waals surface area (Å²) in [5, 5.41) is 0. The van der Waals surface area contributed by atoms with Crippen molar-refractivity contribution in [3.63, 3.8) is 0 Å². The lowest BCUT2D eigenvalue weighted by Crippen LogP contribution is -2.30. The van der Waals surface area contributed by atoms with Crippen molar-refractivity contribution >= 4 is 17.9 Å². The Labute approximate surface area is 438 Å². The van der Waals surface area contributed by atoms with Crippen molar-refractivity contribution < 1.29 is 28.6 Å². The number of allylic oxidation sites excluding steroid dienone is 16. The Morgan fingerprint density at radius 2 is 0.563 bits per heavy atom. The van der Waals surface area contributed by atoms with Gasteiger partial charge in [0.25, 0.3) is 0 Å². The van der Waals surface area contributed by atoms with Gasteiger partial charge in [-0.3, -0.25) is 14.4 Å². The van der Waals surface area contributed by atoms with Crippen molar-refractivity contribution in [3.8, 4) is 0 Å². The highest BCUT2D eigenvalue weighted by Crippen LogP contribution is 2.15. The summed E-state index contributed by atoms with van der Waals surface area (Å²) in [6.45, 7) is 6.46. The summed E-state index contributed by atoms with van der Waals surface area (Å²) in [6, 6.07) is 0. The van der Waals surface area contributed by atoms with Crippen molar-refractivity contribution in [2.45, 2.75) is 284 Å². The minimum atomic E-state index is -0.786. The quantitative estimate of drug-likeness (QED) is 0.0261. The minimum absolute atomic E-state index is 0.0851. The number of hydrogen-bond donors (Lipinski definition) is 0. The summed E-state index contributed by atoms with van der Waals surface area (Å²) >= 11 is 0. The summed E-state index contributed by atoms with van der Waals surface area (Å²) in [5.74, 6) is -0.905. The Kier molecular flexibility index (Phi) is 55.9. The predicted octanol–water partition coefficient (Wildman–Crippen LogP) is 20.1. The summed E-state index contributed by atoms with van der Waals surface area (Å²) in [4.78, 5) is 38.1. The molecule has 0 radical (unpaired) electrons. The van der Waals surface area contributed by atoms with Gasteiger partial charge in [-0.25, -0.2) is 0 Å². The molecule has 0 heterocycles. The van der Waals surface area contributed by atoms with E-state index in [0.717, 1.165) is 116 Å². The van der Waals surface area contributed by atoms with E-state index >= 15 is 0 Å². The maximum atomic E-state index is 12.8. The topological polar surface area (TPSA) is 78.9 Å². The van der Waals surface area contributed by atoms with E-state index in [4.69, 9.17) is 14.2 Å². The van der Waals surface area contributed by atoms with E-state index in [1.165, 1.54) is 122 Å². The molecule has 0 amide bonds. The Morgan fingerprint density at radius 1 is 0.296 bits per heavy atom. The third-order valence-corrected chi connectivity index (χ3v) is 12.5. The molecule has 6 heteroatoms. The molecule has 0 rings (SSSR count). The number of hydrogen-bond acceptors (Lipinski definition) is 6. The third kappa shape index (κ3) is 57.1. The first-order valence-corrected chi connectivity index (χ1v) is 29.7. The Bertz CT molecular complexity index is 1410. The number of carbonyl (C=O) groups is 3. The Hall–Kier alpha value is -3.67. The first-order valence-electron chi connectivity index (χ1n) is 29.7. The number of ether oxygens (including phenoxy) is 3. The summed E-state index contributed by atoms with van der Waals surface area (Å²) in [7, 11) is 0. The molecule has 0 aliphatic carbocycles. The molecule has 6 nitrogen and oxygen atoms in total. The molecule has 0 aromatic heterocycles. The summed E-state index contributed by atoms with van der Waals surface area (Å²) in [6.07, 6.45) is 78.4. The van der Waals surface area contributed by atoms with Crippen molar-refractivity contribution in [3.05, 3.63) is 97.2 Å². The highest BCUT2D eigenvalue weighted by molar-refractivity contribution is 5.71. The fraction of sp³-hybridized carbons (Fsp3) is 0.708. The van der Waals surface area contributed by atoms with Crippen LogP contribution in [0.15, 0.2) is 97.2 Å². The molecule has 0 aliphatic rings. The highest BCUT2D eigenvalue weighted by atomic mass is 16.6. The maximum Gasteiger partial charge on any atom is 0.306 e. The number of carbonyl (C=O) groups excluding carboxylic acids is 3. The normalized spacial score (nSPS) is 12.8. The average Bonchev–Trinajstić information content (AvgIpc) is 3.37. The van der Waals surface area contributed by atoms with Crippen LogP contribution in [0.2, 0.25) is 0 Å². The molecule has 71 heavy (non-hydrogen) atoms. The highest BCUT2D eigenvalue weighted by Gasteiger charge is 2.19. The van der Waals surface area contributed by atoms with Crippen LogP contribution in [0.5, 0.6) is 0 Å². The van der Waals surface area contributed by atoms with E-state index in [-0.39, 0.29) is 31.1 Å². The zero-order valence-electron chi connectivity index (χ0n) is 46.5. The molecule has 0 aromatic carbocycles. The maximum absolute atomic E-state index is 12.8. The first-order chi connectivity index (χ1) is 35.0. The van der Waals surface area contributed by atoms with Crippen LogP contribution in [0.25, 0.3) is 0 Å². The monoisotopic (exact) mass is 987 g/mol. The molecule has 0 N–H and O–H groups in total. The van der Waals surface area contributed by atoms with Crippen molar-refractivity contribution in [1.29, 1.82) is 0 Å². The molecule has 0 spiro atoms. The Morgan fingerprint density at radius 3 is 0.915 bits per heavy atom. The van der Waals surface area contributed by atoms with Gasteiger partial charge in [0.2, 0.25) is 0 Å². The van der Waals surface area contributed by atoms with E-state index in [1.807, 2.05) is 0 Å². The largest absolute Gasteiger partial charge is 0.462 e. The molecular formula is C65H110O6. The van der Waals surface area contributed by atoms with Gasteiger partial charge in [-0.1, -0.05) is 240 Å². The zero-order valence-corrected chi connectivity index (χ0v) is 46.5. The van der Waals surface area contributed by atoms with Gasteiger partial charge in [-0.15, -0.1) is 0 Å². The Balaban J connectivity index is 4.22. The molecular weight excluding hydrogens is 877 g/mol. The lowest BCUT2D eigenvalue weighted by atomic mass is 10.1. The average molecular weight is 988 g/mol. The van der Waals surface area contributed by atoms with Crippen LogP contribution in [0, 0.1) is 0 Å². The van der Waals surface area contributed by atoms with E-state index in [0.29, 0.717) is 19.3 Å². The molecule has 0 bridgehead atoms. The molecule has 0 saturated heterocycles. The van der Waals surface area contributed by atoms with Gasteiger partial charge in [0.05, 0.1) is 0 Å². The molecule has 0 aromatic rings. The minimum Gasteiger partial charge on any atom is -0.462 e. The van der Waals surface area contributed by atoms with E-state index < -0.39 is 6.10 Å². The van der Waals surface area contributed by atoms with Crippen molar-refractivity contribution in [2.75, 3.05) is 13.2 Å². The first kappa shape index (κ1) is 67.3. The molecule has 0 aliphatic heterocycles. The SMILES string of the molecule is CC/C=C\C/C=C\C/C=C\C/C=C\C/C=C\C/C=C\CCCCCCCCCCCCC(=O)OCC(COC(=O)CCCCCCC/C=C\CCCC)OC(=O)CCCCCCC/C=C\CCCCCC. The number of unbranched alkanes of at least 4 members (excludes halogenated alkanes) is 26. The van der Waals surface area contributed by atoms with Crippen LogP contribution in [0.4, 0.5) is 0 Å². The van der Waals surface area contributed by atoms with Crippen molar-refractivity contribution in [2.24, 2.45) is 0 Å². The van der Waals surface area contributed by atoms with E-state index in [2.05, 4.69) is 118 Å². The van der Waals surface area contributed by atoms with Gasteiger partial charge in [0, 0.05) is 19.3 Å². The van der Waals surface area contributed by atoms with E-state index in [9.17, 15) is 14.4 Å². The second-order valence-electron chi connectivity index (χ2n) is 19.5. The van der Waals surface area contributed by atoms with Crippen LogP contribution in [0.1, 0.15) is 278 Å². The van der Waals surface area contributed by atoms with Crippen LogP contribution in [0.3, 0.4) is 0 Å². The van der Waals surface area contributed by atoms with Gasteiger partial charge < -0.3 is 14.2 Å². The lowest BCUT2D eigenvalue weighted by Gasteiger charge is -2.18. The van der Waals surface area contributed by atoms with Crippen LogP contribution >= 0.6 is 0 Å². The fourth-order valence-corrected chi connectivity index (χ4v) is 8.07. The summed E-state index contributed by atoms with van der Waals surface area (Å²) < 4.78 is 16.8. The van der Waals surface area contributed by atoms with Gasteiger partial charge in [-0.2, -0.15) is 0 Å². The second kappa shape index (κ2) is 58.9. The third-order valence-electron chi connectivity index (χ3n) is 12.5. The van der Waals surface area contributed by atoms with Crippen LogP contribution < -0.4 is 0 Å².